The lowest BCUT2D eigenvalue weighted by Gasteiger charge is -2.04. The van der Waals surface area contributed by atoms with Gasteiger partial charge in [-0.1, -0.05) is 60.7 Å². The first-order valence-corrected chi connectivity index (χ1v) is 5.86. The van der Waals surface area contributed by atoms with Gasteiger partial charge in [0.25, 0.3) is 0 Å². The van der Waals surface area contributed by atoms with Crippen molar-refractivity contribution in [3.05, 3.63) is 77.4 Å². The van der Waals surface area contributed by atoms with Gasteiger partial charge in [0.2, 0.25) is 0 Å². The quantitative estimate of drug-likeness (QED) is 0.656. The van der Waals surface area contributed by atoms with Crippen molar-refractivity contribution >= 4 is 11.9 Å². The molecule has 90 valence electrons. The van der Waals surface area contributed by atoms with Gasteiger partial charge in [-0.2, -0.15) is 0 Å². The number of ketones is 1. The average molecular weight is 237 g/mol. The highest BCUT2D eigenvalue weighted by Gasteiger charge is 2.09. The van der Waals surface area contributed by atoms with Crippen LogP contribution in [0.25, 0.3) is 6.08 Å². The Labute approximate surface area is 107 Å². The molecule has 2 N–H and O–H groups in total. The molecule has 0 saturated carbocycles. The molecule has 2 nitrogen and oxygen atoms in total. The van der Waals surface area contributed by atoms with Crippen molar-refractivity contribution in [3.63, 3.8) is 0 Å². The van der Waals surface area contributed by atoms with E-state index in [1.54, 1.807) is 12.1 Å². The van der Waals surface area contributed by atoms with Gasteiger partial charge in [-0.3, -0.25) is 4.79 Å². The van der Waals surface area contributed by atoms with Crippen LogP contribution in [0.2, 0.25) is 0 Å². The van der Waals surface area contributed by atoms with Crippen LogP contribution in [0.4, 0.5) is 0 Å². The Kier molecular flexibility index (Phi) is 4.05. The van der Waals surface area contributed by atoms with E-state index in [4.69, 9.17) is 5.73 Å². The molecule has 0 amide bonds. The summed E-state index contributed by atoms with van der Waals surface area (Å²) in [4.78, 5) is 12.2. The van der Waals surface area contributed by atoms with E-state index < -0.39 is 0 Å². The third kappa shape index (κ3) is 2.93. The van der Waals surface area contributed by atoms with Gasteiger partial charge in [0, 0.05) is 17.7 Å². The maximum absolute atomic E-state index is 12.2. The minimum atomic E-state index is -0.0121. The lowest BCUT2D eigenvalue weighted by atomic mass is 10.0. The fraction of sp³-hybridized carbons (Fsp3) is 0.0625. The van der Waals surface area contributed by atoms with Gasteiger partial charge in [-0.05, 0) is 11.6 Å². The summed E-state index contributed by atoms with van der Waals surface area (Å²) in [6.07, 6.45) is 1.84. The first kappa shape index (κ1) is 12.3. The van der Waals surface area contributed by atoms with E-state index >= 15 is 0 Å². The summed E-state index contributed by atoms with van der Waals surface area (Å²) in [5.41, 5.74) is 7.95. The fourth-order valence-electron chi connectivity index (χ4n) is 1.74. The predicted molar refractivity (Wildman–Crippen MR) is 74.2 cm³/mol. The molecule has 0 aromatic heterocycles. The molecule has 0 spiro atoms. The van der Waals surface area contributed by atoms with Crippen molar-refractivity contribution in [1.82, 2.24) is 0 Å². The van der Waals surface area contributed by atoms with Crippen LogP contribution in [0.5, 0.6) is 0 Å². The number of Topliss-reactive ketones (excluding diaryl/α,β-unsaturated/α-hetero) is 1. The van der Waals surface area contributed by atoms with Crippen LogP contribution in [0.1, 0.15) is 15.9 Å². The molecule has 0 atom stereocenters. The molecule has 2 aromatic carbocycles. The van der Waals surface area contributed by atoms with Crippen molar-refractivity contribution in [2.45, 2.75) is 0 Å². The molecule has 2 rings (SSSR count). The molecule has 2 heteroatoms. The first-order valence-electron chi connectivity index (χ1n) is 5.86. The van der Waals surface area contributed by atoms with Crippen LogP contribution in [-0.4, -0.2) is 12.3 Å². The summed E-state index contributed by atoms with van der Waals surface area (Å²) in [6, 6.07) is 18.9. The van der Waals surface area contributed by atoms with Crippen molar-refractivity contribution in [3.8, 4) is 0 Å². The zero-order chi connectivity index (χ0) is 12.8. The SMILES string of the molecule is NCC(=Cc1ccccc1)C(=O)c1ccccc1. The molecule has 0 fully saturated rings. The topological polar surface area (TPSA) is 43.1 Å². The summed E-state index contributed by atoms with van der Waals surface area (Å²) >= 11 is 0. The van der Waals surface area contributed by atoms with Gasteiger partial charge in [0.05, 0.1) is 0 Å². The third-order valence-corrected chi connectivity index (χ3v) is 2.69. The van der Waals surface area contributed by atoms with E-state index in [2.05, 4.69) is 0 Å². The Morgan fingerprint density at radius 1 is 0.944 bits per heavy atom. The molecular formula is C16H15NO. The van der Waals surface area contributed by atoms with Gasteiger partial charge in [-0.15, -0.1) is 0 Å². The molecule has 18 heavy (non-hydrogen) atoms. The molecule has 2 aromatic rings. The number of carbonyl (C=O) groups excluding carboxylic acids is 1. The Morgan fingerprint density at radius 2 is 1.50 bits per heavy atom. The van der Waals surface area contributed by atoms with E-state index in [1.165, 1.54) is 0 Å². The highest BCUT2D eigenvalue weighted by Crippen LogP contribution is 2.11. The molecule has 0 bridgehead atoms. The van der Waals surface area contributed by atoms with Gasteiger partial charge in [0.1, 0.15) is 0 Å². The largest absolute Gasteiger partial charge is 0.326 e. The van der Waals surface area contributed by atoms with Crippen molar-refractivity contribution < 1.29 is 4.79 Å². The summed E-state index contributed by atoms with van der Waals surface area (Å²) in [5.74, 6) is -0.0121. The predicted octanol–water partition coefficient (Wildman–Crippen LogP) is 2.91. The van der Waals surface area contributed by atoms with Crippen LogP contribution < -0.4 is 5.73 Å². The second-order valence-electron chi connectivity index (χ2n) is 3.98. The van der Waals surface area contributed by atoms with Gasteiger partial charge in [0.15, 0.2) is 5.78 Å². The van der Waals surface area contributed by atoms with Crippen LogP contribution in [-0.2, 0) is 0 Å². The van der Waals surface area contributed by atoms with Crippen LogP contribution in [0.3, 0.4) is 0 Å². The van der Waals surface area contributed by atoms with Gasteiger partial charge < -0.3 is 5.73 Å². The summed E-state index contributed by atoms with van der Waals surface area (Å²) in [5, 5.41) is 0. The molecule has 0 heterocycles. The minimum absolute atomic E-state index is 0.0121. The molecule has 0 saturated heterocycles. The molecule has 0 aliphatic rings. The fourth-order valence-corrected chi connectivity index (χ4v) is 1.74. The van der Waals surface area contributed by atoms with E-state index in [0.29, 0.717) is 11.1 Å². The average Bonchev–Trinajstić information content (AvgIpc) is 2.46. The molecule has 0 aliphatic heterocycles. The highest BCUT2D eigenvalue weighted by molar-refractivity contribution is 6.11. The standard InChI is InChI=1S/C16H15NO/c17-12-15(11-13-7-3-1-4-8-13)16(18)14-9-5-2-6-10-14/h1-11H,12,17H2. The first-order chi connectivity index (χ1) is 8.81. The Balaban J connectivity index is 2.30. The number of hydrogen-bond donors (Lipinski definition) is 1. The molecule has 0 radical (unpaired) electrons. The minimum Gasteiger partial charge on any atom is -0.326 e. The normalized spacial score (nSPS) is 11.3. The number of carbonyl (C=O) groups is 1. The summed E-state index contributed by atoms with van der Waals surface area (Å²) in [6.45, 7) is 0.239. The van der Waals surface area contributed by atoms with Crippen molar-refractivity contribution in [2.24, 2.45) is 5.73 Å². The summed E-state index contributed by atoms with van der Waals surface area (Å²) < 4.78 is 0. The molecular weight excluding hydrogens is 222 g/mol. The van der Waals surface area contributed by atoms with E-state index in [9.17, 15) is 4.79 Å². The lowest BCUT2D eigenvalue weighted by Crippen LogP contribution is -2.13. The number of rotatable bonds is 4. The third-order valence-electron chi connectivity index (χ3n) is 2.69. The second kappa shape index (κ2) is 5.94. The number of hydrogen-bond acceptors (Lipinski definition) is 2. The number of benzene rings is 2. The number of nitrogens with two attached hydrogens (primary N) is 1. The van der Waals surface area contributed by atoms with Crippen molar-refractivity contribution in [1.29, 1.82) is 0 Å². The van der Waals surface area contributed by atoms with Crippen LogP contribution in [0.15, 0.2) is 66.2 Å². The Hall–Kier alpha value is -2.19. The summed E-state index contributed by atoms with van der Waals surface area (Å²) in [7, 11) is 0. The Bertz CT molecular complexity index is 544. The Morgan fingerprint density at radius 3 is 2.06 bits per heavy atom. The zero-order valence-electron chi connectivity index (χ0n) is 10.0. The maximum atomic E-state index is 12.2. The monoisotopic (exact) mass is 237 g/mol. The van der Waals surface area contributed by atoms with Gasteiger partial charge >= 0.3 is 0 Å². The van der Waals surface area contributed by atoms with Crippen LogP contribution >= 0.6 is 0 Å². The second-order valence-corrected chi connectivity index (χ2v) is 3.98. The molecule has 0 unspecified atom stereocenters. The zero-order valence-corrected chi connectivity index (χ0v) is 10.0. The van der Waals surface area contributed by atoms with E-state index in [1.807, 2.05) is 54.6 Å². The maximum Gasteiger partial charge on any atom is 0.190 e. The van der Waals surface area contributed by atoms with E-state index in [-0.39, 0.29) is 12.3 Å². The highest BCUT2D eigenvalue weighted by atomic mass is 16.1. The van der Waals surface area contributed by atoms with Crippen molar-refractivity contribution in [2.75, 3.05) is 6.54 Å². The van der Waals surface area contributed by atoms with Crippen LogP contribution in [0, 0.1) is 0 Å². The molecule has 0 aliphatic carbocycles. The smallest absolute Gasteiger partial charge is 0.190 e. The van der Waals surface area contributed by atoms with E-state index in [0.717, 1.165) is 5.56 Å². The van der Waals surface area contributed by atoms with Gasteiger partial charge in [-0.25, -0.2) is 0 Å². The lowest BCUT2D eigenvalue weighted by molar-refractivity contribution is 0.103.